The number of carbonyl (C=O) groups is 1. The predicted octanol–water partition coefficient (Wildman–Crippen LogP) is 1.77. The van der Waals surface area contributed by atoms with Crippen LogP contribution < -0.4 is 0 Å². The van der Waals surface area contributed by atoms with Gasteiger partial charge in [-0.25, -0.2) is 4.68 Å². The Bertz CT molecular complexity index is 567. The zero-order chi connectivity index (χ0) is 13.8. The van der Waals surface area contributed by atoms with Gasteiger partial charge in [0, 0.05) is 0 Å². The van der Waals surface area contributed by atoms with Gasteiger partial charge in [-0.1, -0.05) is 41.6 Å². The highest BCUT2D eigenvalue weighted by atomic mass is 32.2. The van der Waals surface area contributed by atoms with Crippen molar-refractivity contribution in [2.45, 2.75) is 25.0 Å². The van der Waals surface area contributed by atoms with Gasteiger partial charge in [0.2, 0.25) is 5.16 Å². The van der Waals surface area contributed by atoms with Gasteiger partial charge in [-0.2, -0.15) is 0 Å². The molecule has 0 bridgehead atoms. The first kappa shape index (κ1) is 13.5. The van der Waals surface area contributed by atoms with Gasteiger partial charge in [-0.15, -0.1) is 5.10 Å². The highest BCUT2D eigenvalue weighted by Crippen LogP contribution is 2.22. The number of thioether (sulfide) groups is 1. The predicted molar refractivity (Wildman–Crippen MR) is 71.2 cm³/mol. The summed E-state index contributed by atoms with van der Waals surface area (Å²) in [6.07, 6.45) is 0. The lowest BCUT2D eigenvalue weighted by Crippen LogP contribution is -2.11. The summed E-state index contributed by atoms with van der Waals surface area (Å²) in [5.74, 6) is -0.941. The quantitative estimate of drug-likeness (QED) is 0.839. The highest BCUT2D eigenvalue weighted by Gasteiger charge is 2.16. The Labute approximate surface area is 114 Å². The number of aliphatic carboxylic acids is 1. The van der Waals surface area contributed by atoms with Gasteiger partial charge < -0.3 is 5.11 Å². The minimum atomic E-state index is -0.887. The highest BCUT2D eigenvalue weighted by molar-refractivity contribution is 7.99. The van der Waals surface area contributed by atoms with Crippen LogP contribution in [0, 0.1) is 6.92 Å². The minimum absolute atomic E-state index is 0.0353. The van der Waals surface area contributed by atoms with Crippen LogP contribution >= 0.6 is 11.8 Å². The molecule has 1 aromatic heterocycles. The summed E-state index contributed by atoms with van der Waals surface area (Å²) in [6, 6.07) is 8.06. The summed E-state index contributed by atoms with van der Waals surface area (Å²) < 4.78 is 1.64. The lowest BCUT2D eigenvalue weighted by Gasteiger charge is -2.13. The Morgan fingerprint density at radius 2 is 2.11 bits per heavy atom. The molecule has 0 amide bonds. The first-order chi connectivity index (χ1) is 9.08. The molecule has 0 fully saturated rings. The van der Waals surface area contributed by atoms with E-state index < -0.39 is 5.97 Å². The maximum atomic E-state index is 10.6. The average molecular weight is 278 g/mol. The number of hydrogen-bond acceptors (Lipinski definition) is 5. The summed E-state index contributed by atoms with van der Waals surface area (Å²) in [4.78, 5) is 10.6. The third kappa shape index (κ3) is 3.31. The number of aromatic nitrogens is 4. The number of carboxylic acids is 1. The van der Waals surface area contributed by atoms with Crippen molar-refractivity contribution < 1.29 is 9.90 Å². The fourth-order valence-corrected chi connectivity index (χ4v) is 2.31. The molecule has 1 unspecified atom stereocenters. The fraction of sp³-hybridized carbons (Fsp3) is 0.333. The monoisotopic (exact) mass is 278 g/mol. The number of tetrazole rings is 1. The van der Waals surface area contributed by atoms with Gasteiger partial charge in [0.25, 0.3) is 0 Å². The number of carboxylic acid groups (broad SMARTS) is 1. The number of nitrogens with zero attached hydrogens (tertiary/aromatic N) is 4. The number of hydrogen-bond donors (Lipinski definition) is 1. The molecule has 1 aromatic carbocycles. The molecule has 2 aromatic rings. The van der Waals surface area contributed by atoms with Crippen LogP contribution in [0.3, 0.4) is 0 Å². The molecule has 0 radical (unpaired) electrons. The van der Waals surface area contributed by atoms with E-state index in [-0.39, 0.29) is 11.8 Å². The summed E-state index contributed by atoms with van der Waals surface area (Å²) in [5.41, 5.74) is 2.27. The molecule has 2 rings (SSSR count). The van der Waals surface area contributed by atoms with Gasteiger partial charge in [0.05, 0.1) is 11.8 Å². The molecule has 100 valence electrons. The van der Waals surface area contributed by atoms with Gasteiger partial charge in [0.1, 0.15) is 0 Å². The van der Waals surface area contributed by atoms with Crippen LogP contribution in [0.5, 0.6) is 0 Å². The molecule has 0 saturated heterocycles. The molecular formula is C12H14N4O2S. The van der Waals surface area contributed by atoms with E-state index >= 15 is 0 Å². The SMILES string of the molecule is Cc1ccc(C(C)n2nnnc2SCC(=O)O)cc1. The van der Waals surface area contributed by atoms with Crippen molar-refractivity contribution >= 4 is 17.7 Å². The topological polar surface area (TPSA) is 80.9 Å². The van der Waals surface area contributed by atoms with E-state index in [1.54, 1.807) is 4.68 Å². The standard InChI is InChI=1S/C12H14N4O2S/c1-8-3-5-10(6-4-8)9(2)16-12(13-14-15-16)19-7-11(17)18/h3-6,9H,7H2,1-2H3,(H,17,18). The molecule has 0 spiro atoms. The van der Waals surface area contributed by atoms with E-state index in [2.05, 4.69) is 15.5 Å². The van der Waals surface area contributed by atoms with Crippen molar-refractivity contribution in [3.8, 4) is 0 Å². The number of rotatable bonds is 5. The van der Waals surface area contributed by atoms with Crippen molar-refractivity contribution in [2.75, 3.05) is 5.75 Å². The van der Waals surface area contributed by atoms with Crippen LogP contribution in [0.4, 0.5) is 0 Å². The van der Waals surface area contributed by atoms with Crippen LogP contribution in [0.15, 0.2) is 29.4 Å². The molecule has 0 aliphatic heterocycles. The summed E-state index contributed by atoms with van der Waals surface area (Å²) in [7, 11) is 0. The first-order valence-electron chi connectivity index (χ1n) is 5.77. The van der Waals surface area contributed by atoms with Gasteiger partial charge in [-0.3, -0.25) is 4.79 Å². The second-order valence-electron chi connectivity index (χ2n) is 4.18. The molecule has 0 aliphatic rings. The van der Waals surface area contributed by atoms with Crippen molar-refractivity contribution in [1.29, 1.82) is 0 Å². The Morgan fingerprint density at radius 1 is 1.42 bits per heavy atom. The first-order valence-corrected chi connectivity index (χ1v) is 6.75. The third-order valence-corrected chi connectivity index (χ3v) is 3.63. The number of aryl methyl sites for hydroxylation is 1. The lowest BCUT2D eigenvalue weighted by molar-refractivity contribution is -0.133. The average Bonchev–Trinajstić information content (AvgIpc) is 2.84. The van der Waals surface area contributed by atoms with Crippen molar-refractivity contribution in [3.63, 3.8) is 0 Å². The summed E-state index contributed by atoms with van der Waals surface area (Å²) in [6.45, 7) is 4.01. The Hall–Kier alpha value is -1.89. The molecule has 1 heterocycles. The largest absolute Gasteiger partial charge is 0.481 e. The van der Waals surface area contributed by atoms with Crippen LogP contribution in [0.1, 0.15) is 24.1 Å². The second kappa shape index (κ2) is 5.83. The molecule has 6 nitrogen and oxygen atoms in total. The van der Waals surface area contributed by atoms with Crippen molar-refractivity contribution in [3.05, 3.63) is 35.4 Å². The molecule has 0 aliphatic carbocycles. The van der Waals surface area contributed by atoms with E-state index in [1.165, 1.54) is 5.56 Å². The molecule has 19 heavy (non-hydrogen) atoms. The fourth-order valence-electron chi connectivity index (χ4n) is 1.64. The van der Waals surface area contributed by atoms with Crippen LogP contribution in [0.2, 0.25) is 0 Å². The van der Waals surface area contributed by atoms with Gasteiger partial charge in [-0.05, 0) is 29.8 Å². The van der Waals surface area contributed by atoms with Gasteiger partial charge in [0.15, 0.2) is 0 Å². The molecule has 0 saturated carbocycles. The summed E-state index contributed by atoms with van der Waals surface area (Å²) in [5, 5.41) is 20.6. The molecule has 1 atom stereocenters. The van der Waals surface area contributed by atoms with E-state index in [1.807, 2.05) is 38.1 Å². The second-order valence-corrected chi connectivity index (χ2v) is 5.12. The Morgan fingerprint density at radius 3 is 2.74 bits per heavy atom. The van der Waals surface area contributed by atoms with E-state index in [9.17, 15) is 4.79 Å². The van der Waals surface area contributed by atoms with E-state index in [4.69, 9.17) is 5.11 Å². The van der Waals surface area contributed by atoms with E-state index in [0.29, 0.717) is 5.16 Å². The zero-order valence-electron chi connectivity index (χ0n) is 10.6. The smallest absolute Gasteiger partial charge is 0.313 e. The number of benzene rings is 1. The van der Waals surface area contributed by atoms with Crippen molar-refractivity contribution in [2.24, 2.45) is 0 Å². The van der Waals surface area contributed by atoms with Gasteiger partial charge >= 0.3 is 5.97 Å². The van der Waals surface area contributed by atoms with Crippen LogP contribution in [-0.4, -0.2) is 37.0 Å². The normalized spacial score (nSPS) is 12.3. The van der Waals surface area contributed by atoms with Crippen LogP contribution in [0.25, 0.3) is 0 Å². The van der Waals surface area contributed by atoms with Crippen molar-refractivity contribution in [1.82, 2.24) is 20.2 Å². The molecule has 7 heteroatoms. The maximum absolute atomic E-state index is 10.6. The molecule has 1 N–H and O–H groups in total. The summed E-state index contributed by atoms with van der Waals surface area (Å²) >= 11 is 1.12. The Balaban J connectivity index is 2.19. The lowest BCUT2D eigenvalue weighted by atomic mass is 10.1. The van der Waals surface area contributed by atoms with E-state index in [0.717, 1.165) is 17.3 Å². The molecular weight excluding hydrogens is 264 g/mol. The zero-order valence-corrected chi connectivity index (χ0v) is 11.5. The minimum Gasteiger partial charge on any atom is -0.481 e. The van der Waals surface area contributed by atoms with Crippen LogP contribution in [-0.2, 0) is 4.79 Å². The maximum Gasteiger partial charge on any atom is 0.313 e. The third-order valence-electron chi connectivity index (χ3n) is 2.71. The Kier molecular flexibility index (Phi) is 4.16.